The Hall–Kier alpha value is -0.0700. The number of alkyl halides is 1. The Labute approximate surface area is 56.5 Å². The summed E-state index contributed by atoms with van der Waals surface area (Å²) in [5.74, 6) is 1.26. The lowest BCUT2D eigenvalue weighted by Crippen LogP contribution is -2.13. The second-order valence-electron chi connectivity index (χ2n) is 3.28. The van der Waals surface area contributed by atoms with Crippen molar-refractivity contribution in [2.24, 2.45) is 11.8 Å². The van der Waals surface area contributed by atoms with E-state index in [1.165, 1.54) is 12.8 Å². The molecule has 0 nitrogen and oxygen atoms in total. The van der Waals surface area contributed by atoms with Gasteiger partial charge in [0.1, 0.15) is 0 Å². The second kappa shape index (κ2) is 3.19. The first kappa shape index (κ1) is 7.04. The quantitative estimate of drug-likeness (QED) is 0.512. The van der Waals surface area contributed by atoms with E-state index in [0.717, 1.165) is 18.8 Å². The summed E-state index contributed by atoms with van der Waals surface area (Å²) in [5, 5.41) is 0. The van der Waals surface area contributed by atoms with E-state index in [1.807, 2.05) is 0 Å². The van der Waals surface area contributed by atoms with E-state index in [9.17, 15) is 4.39 Å². The van der Waals surface area contributed by atoms with Gasteiger partial charge in [0.25, 0.3) is 0 Å². The van der Waals surface area contributed by atoms with Crippen molar-refractivity contribution in [3.8, 4) is 0 Å². The summed E-state index contributed by atoms with van der Waals surface area (Å²) in [7, 11) is 0. The van der Waals surface area contributed by atoms with Gasteiger partial charge in [-0.15, -0.1) is 0 Å². The van der Waals surface area contributed by atoms with Crippen LogP contribution in [0.25, 0.3) is 0 Å². The van der Waals surface area contributed by atoms with Crippen molar-refractivity contribution in [3.63, 3.8) is 0 Å². The van der Waals surface area contributed by atoms with E-state index >= 15 is 0 Å². The molecule has 0 aliphatic heterocycles. The normalized spacial score (nSPS) is 36.7. The predicted molar refractivity (Wildman–Crippen MR) is 37.1 cm³/mol. The average Bonchev–Trinajstić information content (AvgIpc) is 1.90. The highest BCUT2D eigenvalue weighted by Gasteiger charge is 2.17. The molecular weight excluding hydrogens is 115 g/mol. The van der Waals surface area contributed by atoms with Gasteiger partial charge in [-0.1, -0.05) is 19.8 Å². The zero-order chi connectivity index (χ0) is 6.69. The fraction of sp³-hybridized carbons (Fsp3) is 1.00. The zero-order valence-corrected chi connectivity index (χ0v) is 6.07. The molecule has 0 saturated heterocycles. The van der Waals surface area contributed by atoms with Crippen LogP contribution in [0, 0.1) is 11.8 Å². The Kier molecular flexibility index (Phi) is 2.49. The summed E-state index contributed by atoms with van der Waals surface area (Å²) in [6.07, 6.45) is 4.73. The Balaban J connectivity index is 2.18. The number of hydrogen-bond donors (Lipinski definition) is 0. The van der Waals surface area contributed by atoms with Crippen LogP contribution in [0.15, 0.2) is 0 Å². The maximum atomic E-state index is 12.0. The zero-order valence-electron chi connectivity index (χ0n) is 6.07. The van der Waals surface area contributed by atoms with Gasteiger partial charge in [0, 0.05) is 0 Å². The van der Waals surface area contributed by atoms with E-state index in [0.29, 0.717) is 5.92 Å². The Bertz CT molecular complexity index is 72.6. The molecule has 1 aliphatic carbocycles. The average molecular weight is 130 g/mol. The second-order valence-corrected chi connectivity index (χ2v) is 3.28. The van der Waals surface area contributed by atoms with Crippen molar-refractivity contribution in [1.82, 2.24) is 0 Å². The molecule has 0 atom stereocenters. The lowest BCUT2D eigenvalue weighted by atomic mass is 9.84. The van der Waals surface area contributed by atoms with Crippen LogP contribution >= 0.6 is 0 Å². The van der Waals surface area contributed by atoms with Crippen LogP contribution in [0.4, 0.5) is 4.39 Å². The first-order valence-electron chi connectivity index (χ1n) is 3.89. The third-order valence-electron chi connectivity index (χ3n) is 2.35. The number of hydrogen-bond acceptors (Lipinski definition) is 0. The summed E-state index contributed by atoms with van der Waals surface area (Å²) in [5.41, 5.74) is 0. The van der Waals surface area contributed by atoms with Gasteiger partial charge in [0.2, 0.25) is 0 Å². The Morgan fingerprint density at radius 1 is 1.22 bits per heavy atom. The molecule has 1 saturated carbocycles. The van der Waals surface area contributed by atoms with Gasteiger partial charge < -0.3 is 0 Å². The minimum absolute atomic E-state index is 0.0906. The van der Waals surface area contributed by atoms with Gasteiger partial charge in [-0.2, -0.15) is 0 Å². The molecule has 0 aromatic carbocycles. The molecule has 0 amide bonds. The summed E-state index contributed by atoms with van der Waals surface area (Å²) < 4.78 is 12.0. The summed E-state index contributed by atoms with van der Waals surface area (Å²) in [6, 6.07) is 0. The minimum Gasteiger partial charge on any atom is -0.251 e. The molecule has 0 aromatic rings. The molecule has 0 aromatic heterocycles. The molecule has 0 heterocycles. The third-order valence-corrected chi connectivity index (χ3v) is 2.35. The molecule has 1 fully saturated rings. The largest absolute Gasteiger partial charge is 0.251 e. The molecule has 0 unspecified atom stereocenters. The van der Waals surface area contributed by atoms with Crippen molar-refractivity contribution in [2.75, 3.05) is 6.67 Å². The van der Waals surface area contributed by atoms with Crippen LogP contribution in [-0.4, -0.2) is 6.67 Å². The van der Waals surface area contributed by atoms with Crippen LogP contribution in [0.1, 0.15) is 32.6 Å². The summed E-state index contributed by atoms with van der Waals surface area (Å²) >= 11 is 0. The summed E-state index contributed by atoms with van der Waals surface area (Å²) in [4.78, 5) is 0. The van der Waals surface area contributed by atoms with Crippen molar-refractivity contribution >= 4 is 0 Å². The van der Waals surface area contributed by atoms with Crippen molar-refractivity contribution in [1.29, 1.82) is 0 Å². The van der Waals surface area contributed by atoms with Gasteiger partial charge in [-0.05, 0) is 24.7 Å². The molecule has 9 heavy (non-hydrogen) atoms. The van der Waals surface area contributed by atoms with Crippen molar-refractivity contribution < 1.29 is 4.39 Å². The van der Waals surface area contributed by atoms with E-state index in [1.54, 1.807) is 0 Å². The monoisotopic (exact) mass is 130 g/mol. The molecule has 0 bridgehead atoms. The topological polar surface area (TPSA) is 0 Å². The molecule has 54 valence electrons. The minimum atomic E-state index is -0.0906. The standard InChI is InChI=1S/C8H15F/c1-7-2-4-8(6-9)5-3-7/h7-8H,2-6H2,1H3/t7-,8+. The van der Waals surface area contributed by atoms with Crippen LogP contribution in [0.2, 0.25) is 0 Å². The molecule has 0 N–H and O–H groups in total. The van der Waals surface area contributed by atoms with Crippen LogP contribution in [0.5, 0.6) is 0 Å². The first-order valence-corrected chi connectivity index (χ1v) is 3.89. The van der Waals surface area contributed by atoms with Gasteiger partial charge in [0.05, 0.1) is 6.67 Å². The van der Waals surface area contributed by atoms with Gasteiger partial charge in [-0.3, -0.25) is 4.39 Å². The van der Waals surface area contributed by atoms with E-state index in [-0.39, 0.29) is 6.67 Å². The molecular formula is C8H15F. The molecule has 0 radical (unpaired) electrons. The molecule has 1 aliphatic rings. The smallest absolute Gasteiger partial charge is 0.0922 e. The highest BCUT2D eigenvalue weighted by molar-refractivity contribution is 4.68. The lowest BCUT2D eigenvalue weighted by molar-refractivity contribution is 0.241. The van der Waals surface area contributed by atoms with Gasteiger partial charge >= 0.3 is 0 Å². The molecule has 0 spiro atoms. The fourth-order valence-electron chi connectivity index (χ4n) is 1.48. The van der Waals surface area contributed by atoms with E-state index in [2.05, 4.69) is 6.92 Å². The van der Waals surface area contributed by atoms with Crippen LogP contribution < -0.4 is 0 Å². The Morgan fingerprint density at radius 3 is 2.22 bits per heavy atom. The first-order chi connectivity index (χ1) is 4.33. The van der Waals surface area contributed by atoms with Crippen LogP contribution in [0.3, 0.4) is 0 Å². The van der Waals surface area contributed by atoms with E-state index in [4.69, 9.17) is 0 Å². The molecule has 1 heteroatoms. The number of halogens is 1. The van der Waals surface area contributed by atoms with Crippen LogP contribution in [-0.2, 0) is 0 Å². The fourth-order valence-corrected chi connectivity index (χ4v) is 1.48. The lowest BCUT2D eigenvalue weighted by Gasteiger charge is -2.23. The van der Waals surface area contributed by atoms with Gasteiger partial charge in [-0.25, -0.2) is 0 Å². The van der Waals surface area contributed by atoms with E-state index < -0.39 is 0 Å². The predicted octanol–water partition coefficient (Wildman–Crippen LogP) is 2.78. The highest BCUT2D eigenvalue weighted by Crippen LogP contribution is 2.28. The summed E-state index contributed by atoms with van der Waals surface area (Å²) in [6.45, 7) is 2.17. The van der Waals surface area contributed by atoms with Gasteiger partial charge in [0.15, 0.2) is 0 Å². The molecule has 1 rings (SSSR count). The Morgan fingerprint density at radius 2 is 1.78 bits per heavy atom. The maximum absolute atomic E-state index is 12.0. The van der Waals surface area contributed by atoms with Crippen molar-refractivity contribution in [2.45, 2.75) is 32.6 Å². The third kappa shape index (κ3) is 1.96. The highest BCUT2D eigenvalue weighted by atomic mass is 19.1. The van der Waals surface area contributed by atoms with Crippen molar-refractivity contribution in [3.05, 3.63) is 0 Å². The maximum Gasteiger partial charge on any atom is 0.0922 e. The number of rotatable bonds is 1. The SMILES string of the molecule is C[C@H]1CC[C@@H](CF)CC1.